The zero-order valence-corrected chi connectivity index (χ0v) is 53.6. The summed E-state index contributed by atoms with van der Waals surface area (Å²) in [6.07, 6.45) is 3.44. The van der Waals surface area contributed by atoms with Gasteiger partial charge in [0.1, 0.15) is 17.8 Å². The Balaban J connectivity index is 1.22. The van der Waals surface area contributed by atoms with Crippen molar-refractivity contribution in [1.82, 2.24) is 0 Å². The van der Waals surface area contributed by atoms with E-state index >= 15 is 0 Å². The molecule has 0 saturated carbocycles. The molecule has 0 aliphatic carbocycles. The summed E-state index contributed by atoms with van der Waals surface area (Å²) < 4.78 is 66.4. The fourth-order valence-electron chi connectivity index (χ4n) is 11.0. The lowest BCUT2D eigenvalue weighted by molar-refractivity contribution is -0.283. The number of benzene rings is 4. The quantitative estimate of drug-likeness (QED) is 0.0539. The molecule has 3 aliphatic heterocycles. The molecule has 3 heterocycles. The Morgan fingerprint density at radius 2 is 1.09 bits per heavy atom. The number of hydrogen-bond donors (Lipinski definition) is 1. The van der Waals surface area contributed by atoms with Gasteiger partial charge in [-0.2, -0.15) is 0 Å². The number of aliphatic hydroxyl groups is 1. The van der Waals surface area contributed by atoms with Gasteiger partial charge in [-0.3, -0.25) is 0 Å². The lowest BCUT2D eigenvalue weighted by Crippen LogP contribution is -2.65. The van der Waals surface area contributed by atoms with Crippen LogP contribution in [0.4, 0.5) is 0 Å². The molecule has 3 aliphatic rings. The molecule has 0 radical (unpaired) electrons. The Hall–Kier alpha value is -2.39. The van der Waals surface area contributed by atoms with Crippen molar-refractivity contribution in [2.75, 3.05) is 13.2 Å². The standard InChI is InChI=1S/C64H92Br2O10Si2/c1-11-78(12-2,13-3)76-62-39-57-58(37-46(4)36-55(71-43-50-30-34-52(66)35-31-50)60(73-57)45-69-41-49-28-32-51(65)33-29-49)74-64(62,8)61(67)38-56-54(75-77(9,10)63(5,6)7)27-21-20-26-53(70-42-48-24-18-15-19-25-48)59(72-56)44-68-40-47-22-16-14-17-23-47/h14-25,28-35,46,53-62,67H,11-13,26-27,36-45H2,1-10H3/b21-20-/t46-,53-,54+,55+,56-,57+,58-,59+,60-,61+,62+,64+/m1/s1. The Morgan fingerprint density at radius 1 is 0.603 bits per heavy atom. The highest BCUT2D eigenvalue weighted by Crippen LogP contribution is 2.45. The van der Waals surface area contributed by atoms with Gasteiger partial charge in [0.2, 0.25) is 0 Å². The van der Waals surface area contributed by atoms with Crippen molar-refractivity contribution in [2.24, 2.45) is 5.92 Å². The Labute approximate surface area is 487 Å². The van der Waals surface area contributed by atoms with Crippen molar-refractivity contribution in [3.63, 3.8) is 0 Å². The minimum absolute atomic E-state index is 0.0710. The van der Waals surface area contributed by atoms with Crippen LogP contribution in [0, 0.1) is 5.92 Å². The SMILES string of the molecule is CC[Si](CC)(CC)O[C@H]1C[C@@H]2O[C@H](COCc3ccc(Br)cc3)[C@@H](OCc3ccc(Br)cc3)C[C@@H](C)C[C@H]2O[C@@]1(C)[C@@H](O)C[C@H]1O[C@@H](COCc2ccccc2)[C@H](OCc2ccccc2)C/C=C\C[C@@H]1O[Si](C)(C)C(C)(C)C. The van der Waals surface area contributed by atoms with Crippen LogP contribution in [0.1, 0.15) is 116 Å². The average Bonchev–Trinajstić information content (AvgIpc) is 3.53. The van der Waals surface area contributed by atoms with Crippen LogP contribution >= 0.6 is 31.9 Å². The third-order valence-electron chi connectivity index (χ3n) is 17.3. The minimum atomic E-state index is -2.39. The van der Waals surface area contributed by atoms with E-state index in [0.29, 0.717) is 58.9 Å². The molecule has 0 spiro atoms. The molecule has 430 valence electrons. The lowest BCUT2D eigenvalue weighted by Gasteiger charge is -2.54. The van der Waals surface area contributed by atoms with Crippen molar-refractivity contribution >= 4 is 48.5 Å². The van der Waals surface area contributed by atoms with Crippen LogP contribution in [0.5, 0.6) is 0 Å². The van der Waals surface area contributed by atoms with E-state index in [-0.39, 0.29) is 54.0 Å². The molecule has 2 fully saturated rings. The van der Waals surface area contributed by atoms with E-state index in [1.54, 1.807) is 0 Å². The van der Waals surface area contributed by atoms with Crippen LogP contribution in [0.2, 0.25) is 36.3 Å². The monoisotopic (exact) mass is 1230 g/mol. The second kappa shape index (κ2) is 29.7. The molecule has 0 unspecified atom stereocenters. The minimum Gasteiger partial charge on any atom is -0.411 e. The van der Waals surface area contributed by atoms with Gasteiger partial charge in [0.15, 0.2) is 16.6 Å². The summed E-state index contributed by atoms with van der Waals surface area (Å²) in [4.78, 5) is 0. The van der Waals surface area contributed by atoms with E-state index < -0.39 is 46.7 Å². The summed E-state index contributed by atoms with van der Waals surface area (Å²) in [5, 5.41) is 13.4. The fourth-order valence-corrected chi connectivity index (χ4v) is 15.8. The number of rotatable bonds is 24. The first-order valence-electron chi connectivity index (χ1n) is 28.9. The van der Waals surface area contributed by atoms with E-state index in [1.165, 1.54) is 0 Å². The summed E-state index contributed by atoms with van der Waals surface area (Å²) in [5.74, 6) is 0.204. The zero-order valence-electron chi connectivity index (χ0n) is 48.4. The molecule has 78 heavy (non-hydrogen) atoms. The molecule has 10 nitrogen and oxygen atoms in total. The van der Waals surface area contributed by atoms with Crippen LogP contribution in [0.15, 0.2) is 130 Å². The van der Waals surface area contributed by atoms with Crippen LogP contribution in [0.3, 0.4) is 0 Å². The van der Waals surface area contributed by atoms with E-state index in [1.807, 2.05) is 48.5 Å². The van der Waals surface area contributed by atoms with Crippen molar-refractivity contribution in [3.8, 4) is 0 Å². The van der Waals surface area contributed by atoms with E-state index in [9.17, 15) is 5.11 Å². The van der Waals surface area contributed by atoms with Gasteiger partial charge >= 0.3 is 0 Å². The Kier molecular flexibility index (Phi) is 24.1. The number of halogens is 2. The summed E-state index contributed by atoms with van der Waals surface area (Å²) in [5.41, 5.74) is 3.22. The van der Waals surface area contributed by atoms with E-state index in [4.69, 9.17) is 42.0 Å². The van der Waals surface area contributed by atoms with Gasteiger partial charge < -0.3 is 47.1 Å². The number of aliphatic hydroxyl groups excluding tert-OH is 1. The molecule has 7 rings (SSSR count). The van der Waals surface area contributed by atoms with E-state index in [2.05, 4.69) is 173 Å². The highest BCUT2D eigenvalue weighted by molar-refractivity contribution is 9.10. The molecule has 12 atom stereocenters. The first-order valence-corrected chi connectivity index (χ1v) is 36.0. The van der Waals surface area contributed by atoms with Crippen LogP contribution in [-0.2, 0) is 68.4 Å². The summed E-state index contributed by atoms with van der Waals surface area (Å²) in [6, 6.07) is 39.9. The maximum Gasteiger partial charge on any atom is 0.192 e. The largest absolute Gasteiger partial charge is 0.411 e. The molecule has 4 aromatic carbocycles. The predicted octanol–water partition coefficient (Wildman–Crippen LogP) is 15.5. The Morgan fingerprint density at radius 3 is 1.63 bits per heavy atom. The van der Waals surface area contributed by atoms with Gasteiger partial charge in [-0.05, 0) is 121 Å². The summed E-state index contributed by atoms with van der Waals surface area (Å²) in [6.45, 7) is 25.0. The van der Waals surface area contributed by atoms with Gasteiger partial charge in [-0.15, -0.1) is 0 Å². The summed E-state index contributed by atoms with van der Waals surface area (Å²) in [7, 11) is -4.70. The van der Waals surface area contributed by atoms with E-state index in [0.717, 1.165) is 62.2 Å². The molecular weight excluding hydrogens is 1140 g/mol. The molecule has 0 aromatic heterocycles. The van der Waals surface area contributed by atoms with Gasteiger partial charge in [-0.1, -0.05) is 177 Å². The van der Waals surface area contributed by atoms with Crippen LogP contribution in [0.25, 0.3) is 0 Å². The lowest BCUT2D eigenvalue weighted by atomic mass is 9.79. The van der Waals surface area contributed by atoms with Gasteiger partial charge in [0.25, 0.3) is 0 Å². The smallest absolute Gasteiger partial charge is 0.192 e. The normalized spacial score (nSPS) is 28.3. The maximum atomic E-state index is 13.4. The van der Waals surface area contributed by atoms with Crippen LogP contribution < -0.4 is 0 Å². The molecule has 1 N–H and O–H groups in total. The second-order valence-electron chi connectivity index (χ2n) is 24.0. The van der Waals surface area contributed by atoms with Gasteiger partial charge in [0, 0.05) is 21.8 Å². The fraction of sp³-hybridized carbons (Fsp3) is 0.594. The zero-order chi connectivity index (χ0) is 55.9. The van der Waals surface area contributed by atoms with Crippen LogP contribution in [-0.4, -0.2) is 102 Å². The molecule has 14 heteroatoms. The van der Waals surface area contributed by atoms with Gasteiger partial charge in [0.05, 0.1) is 88.5 Å². The average molecular weight is 1240 g/mol. The first-order chi connectivity index (χ1) is 37.3. The third-order valence-corrected chi connectivity index (χ3v) is 27.5. The highest BCUT2D eigenvalue weighted by Gasteiger charge is 2.56. The molecule has 4 aromatic rings. The molecular formula is C64H92Br2O10Si2. The Bertz CT molecular complexity index is 2380. The number of fused-ring (bicyclic) bond motifs is 1. The third kappa shape index (κ3) is 17.8. The first kappa shape index (κ1) is 63.2. The highest BCUT2D eigenvalue weighted by atomic mass is 79.9. The topological polar surface area (TPSA) is 103 Å². The summed E-state index contributed by atoms with van der Waals surface area (Å²) >= 11 is 7.17. The van der Waals surface area contributed by atoms with Crippen molar-refractivity contribution in [3.05, 3.63) is 153 Å². The molecule has 0 bridgehead atoms. The van der Waals surface area contributed by atoms with Gasteiger partial charge in [-0.25, -0.2) is 0 Å². The van der Waals surface area contributed by atoms with Crippen molar-refractivity contribution in [2.45, 2.75) is 223 Å². The number of hydrogen-bond acceptors (Lipinski definition) is 10. The molecule has 2 saturated heterocycles. The second-order valence-corrected chi connectivity index (χ2v) is 35.3. The van der Waals surface area contributed by atoms with Crippen molar-refractivity contribution < 1.29 is 47.1 Å². The van der Waals surface area contributed by atoms with Crippen molar-refractivity contribution in [1.29, 1.82) is 0 Å². The number of ether oxygens (including phenoxy) is 7. The maximum absolute atomic E-state index is 13.4. The molecule has 0 amide bonds. The predicted molar refractivity (Wildman–Crippen MR) is 324 cm³/mol.